The molecule has 4 rings (SSSR count). The zero-order valence-corrected chi connectivity index (χ0v) is 17.3. The third-order valence-corrected chi connectivity index (χ3v) is 5.67. The first kappa shape index (κ1) is 19.3. The molecule has 6 heteroatoms. The first-order valence-electron chi connectivity index (χ1n) is 9.04. The summed E-state index contributed by atoms with van der Waals surface area (Å²) < 4.78 is 2.06. The molecule has 0 saturated heterocycles. The number of hydrogen-bond donors (Lipinski definition) is 0. The fraction of sp³-hybridized carbons (Fsp3) is 0.0870. The van der Waals surface area contributed by atoms with Crippen LogP contribution in [0.3, 0.4) is 0 Å². The lowest BCUT2D eigenvalue weighted by Crippen LogP contribution is -2.00. The van der Waals surface area contributed by atoms with Gasteiger partial charge in [0.05, 0.1) is 11.6 Å². The van der Waals surface area contributed by atoms with Crippen LogP contribution in [0.2, 0.25) is 5.02 Å². The van der Waals surface area contributed by atoms with Crippen molar-refractivity contribution in [2.24, 2.45) is 0 Å². The molecule has 0 fully saturated rings. The Labute approximate surface area is 178 Å². The quantitative estimate of drug-likeness (QED) is 0.371. The van der Waals surface area contributed by atoms with Crippen molar-refractivity contribution in [2.45, 2.75) is 17.8 Å². The van der Waals surface area contributed by atoms with E-state index in [1.807, 2.05) is 54.6 Å². The molecule has 0 amide bonds. The van der Waals surface area contributed by atoms with E-state index in [2.05, 4.69) is 46.0 Å². The fourth-order valence-corrected chi connectivity index (χ4v) is 4.05. The van der Waals surface area contributed by atoms with E-state index in [0.717, 1.165) is 33.4 Å². The number of nitrogens with zero attached hydrogens (tertiary/aromatic N) is 4. The van der Waals surface area contributed by atoms with E-state index in [-0.39, 0.29) is 0 Å². The number of rotatable bonds is 5. The van der Waals surface area contributed by atoms with Gasteiger partial charge in [-0.25, -0.2) is 0 Å². The number of aromatic nitrogens is 3. The molecule has 0 bridgehead atoms. The second kappa shape index (κ2) is 8.52. The van der Waals surface area contributed by atoms with Gasteiger partial charge in [-0.15, -0.1) is 10.2 Å². The topological polar surface area (TPSA) is 54.5 Å². The van der Waals surface area contributed by atoms with Crippen LogP contribution < -0.4 is 0 Å². The third kappa shape index (κ3) is 4.34. The lowest BCUT2D eigenvalue weighted by molar-refractivity contribution is 0.885. The smallest absolute Gasteiger partial charge is 0.196 e. The monoisotopic (exact) mass is 416 g/mol. The first-order valence-corrected chi connectivity index (χ1v) is 10.4. The van der Waals surface area contributed by atoms with Crippen LogP contribution in [0.1, 0.15) is 16.7 Å². The van der Waals surface area contributed by atoms with Crippen molar-refractivity contribution in [1.29, 1.82) is 5.26 Å². The molecular weight excluding hydrogens is 400 g/mol. The summed E-state index contributed by atoms with van der Waals surface area (Å²) in [6.07, 6.45) is 0. The van der Waals surface area contributed by atoms with Gasteiger partial charge in [0, 0.05) is 22.0 Å². The number of hydrogen-bond acceptors (Lipinski definition) is 4. The van der Waals surface area contributed by atoms with Gasteiger partial charge in [0.25, 0.3) is 0 Å². The van der Waals surface area contributed by atoms with Crippen LogP contribution >= 0.6 is 23.4 Å². The molecule has 0 unspecified atom stereocenters. The van der Waals surface area contributed by atoms with Gasteiger partial charge in [0.2, 0.25) is 0 Å². The summed E-state index contributed by atoms with van der Waals surface area (Å²) in [5, 5.41) is 19.5. The average Bonchev–Trinajstić information content (AvgIpc) is 3.17. The van der Waals surface area contributed by atoms with Crippen molar-refractivity contribution < 1.29 is 0 Å². The maximum atomic E-state index is 9.12. The molecule has 0 saturated carbocycles. The van der Waals surface area contributed by atoms with Crippen LogP contribution in [0.5, 0.6) is 0 Å². The van der Waals surface area contributed by atoms with Crippen molar-refractivity contribution in [1.82, 2.24) is 14.8 Å². The van der Waals surface area contributed by atoms with Crippen molar-refractivity contribution in [3.05, 3.63) is 94.5 Å². The van der Waals surface area contributed by atoms with Crippen molar-refractivity contribution in [3.8, 4) is 23.1 Å². The van der Waals surface area contributed by atoms with E-state index in [9.17, 15) is 0 Å². The average molecular weight is 417 g/mol. The highest BCUT2D eigenvalue weighted by atomic mass is 35.5. The highest BCUT2D eigenvalue weighted by molar-refractivity contribution is 7.98. The normalized spacial score (nSPS) is 10.7. The number of nitriles is 1. The van der Waals surface area contributed by atoms with Crippen LogP contribution in [0.4, 0.5) is 0 Å². The van der Waals surface area contributed by atoms with Crippen LogP contribution in [0.15, 0.2) is 78.0 Å². The van der Waals surface area contributed by atoms with Crippen molar-refractivity contribution >= 4 is 23.4 Å². The van der Waals surface area contributed by atoms with E-state index in [1.165, 1.54) is 0 Å². The fourth-order valence-electron chi connectivity index (χ4n) is 3.03. The van der Waals surface area contributed by atoms with Gasteiger partial charge in [-0.3, -0.25) is 4.57 Å². The maximum absolute atomic E-state index is 9.12. The minimum Gasteiger partial charge on any atom is -0.270 e. The van der Waals surface area contributed by atoms with Gasteiger partial charge in [-0.2, -0.15) is 5.26 Å². The minimum atomic E-state index is 0.658. The van der Waals surface area contributed by atoms with Gasteiger partial charge >= 0.3 is 0 Å². The standard InChI is InChI=1S/C23H17ClN4S/c1-16-4-2-7-21(12-16)28-22(19-8-10-20(24)11-9-19)26-27-23(28)29-15-18-6-3-5-17(13-18)14-25/h2-13H,15H2,1H3. The van der Waals surface area contributed by atoms with Gasteiger partial charge in [-0.05, 0) is 66.6 Å². The molecule has 4 aromatic rings. The predicted octanol–water partition coefficient (Wildman–Crippen LogP) is 6.06. The van der Waals surface area contributed by atoms with Gasteiger partial charge in [0.15, 0.2) is 11.0 Å². The third-order valence-electron chi connectivity index (χ3n) is 4.42. The Hall–Kier alpha value is -3.07. The molecule has 0 atom stereocenters. The summed E-state index contributed by atoms with van der Waals surface area (Å²) in [6.45, 7) is 2.07. The molecule has 0 spiro atoms. The molecule has 1 heterocycles. The molecule has 0 aliphatic rings. The van der Waals surface area contributed by atoms with Gasteiger partial charge in [0.1, 0.15) is 0 Å². The maximum Gasteiger partial charge on any atom is 0.196 e. The molecule has 3 aromatic carbocycles. The zero-order valence-electron chi connectivity index (χ0n) is 15.7. The SMILES string of the molecule is Cc1cccc(-n2c(SCc3cccc(C#N)c3)nnc2-c2ccc(Cl)cc2)c1. The van der Waals surface area contributed by atoms with Crippen LogP contribution in [0, 0.1) is 18.3 Å². The summed E-state index contributed by atoms with van der Waals surface area (Å²) in [5.74, 6) is 1.46. The molecule has 29 heavy (non-hydrogen) atoms. The van der Waals surface area contributed by atoms with Crippen LogP contribution in [-0.4, -0.2) is 14.8 Å². The Bertz CT molecular complexity index is 1190. The highest BCUT2D eigenvalue weighted by Crippen LogP contribution is 2.30. The summed E-state index contributed by atoms with van der Waals surface area (Å²) in [7, 11) is 0. The largest absolute Gasteiger partial charge is 0.270 e. The summed E-state index contributed by atoms with van der Waals surface area (Å²) in [4.78, 5) is 0. The van der Waals surface area contributed by atoms with E-state index in [4.69, 9.17) is 16.9 Å². The second-order valence-corrected chi connectivity index (χ2v) is 7.97. The van der Waals surface area contributed by atoms with Crippen molar-refractivity contribution in [3.63, 3.8) is 0 Å². The summed E-state index contributed by atoms with van der Waals surface area (Å²) in [6, 6.07) is 25.7. The van der Waals surface area contributed by atoms with Crippen molar-refractivity contribution in [2.75, 3.05) is 0 Å². The Balaban J connectivity index is 1.73. The molecule has 4 nitrogen and oxygen atoms in total. The molecule has 142 valence electrons. The number of thioether (sulfide) groups is 1. The number of benzene rings is 3. The Morgan fingerprint density at radius 1 is 1.00 bits per heavy atom. The molecule has 1 aromatic heterocycles. The molecule has 0 N–H and O–H groups in total. The van der Waals surface area contributed by atoms with Gasteiger partial charge < -0.3 is 0 Å². The van der Waals surface area contributed by atoms with Crippen LogP contribution in [0.25, 0.3) is 17.1 Å². The molecule has 0 aliphatic heterocycles. The van der Waals surface area contributed by atoms with E-state index in [1.54, 1.807) is 11.8 Å². The number of halogens is 1. The van der Waals surface area contributed by atoms with E-state index < -0.39 is 0 Å². The summed E-state index contributed by atoms with van der Waals surface area (Å²) >= 11 is 7.65. The molecule has 0 radical (unpaired) electrons. The Morgan fingerprint density at radius 2 is 1.79 bits per heavy atom. The molecule has 0 aliphatic carbocycles. The molecular formula is C23H17ClN4S. The first-order chi connectivity index (χ1) is 14.1. The predicted molar refractivity (Wildman–Crippen MR) is 117 cm³/mol. The second-order valence-electron chi connectivity index (χ2n) is 6.59. The van der Waals surface area contributed by atoms with Crippen LogP contribution in [-0.2, 0) is 5.75 Å². The van der Waals surface area contributed by atoms with E-state index in [0.29, 0.717) is 16.3 Å². The Morgan fingerprint density at radius 3 is 2.55 bits per heavy atom. The minimum absolute atomic E-state index is 0.658. The Kier molecular flexibility index (Phi) is 5.66. The lowest BCUT2D eigenvalue weighted by Gasteiger charge is -2.11. The zero-order chi connectivity index (χ0) is 20.2. The van der Waals surface area contributed by atoms with E-state index >= 15 is 0 Å². The highest BCUT2D eigenvalue weighted by Gasteiger charge is 2.16. The lowest BCUT2D eigenvalue weighted by atomic mass is 10.2. The summed E-state index contributed by atoms with van der Waals surface area (Å²) in [5.41, 5.74) is 4.84. The number of aryl methyl sites for hydroxylation is 1. The van der Waals surface area contributed by atoms with Gasteiger partial charge in [-0.1, -0.05) is 47.6 Å².